The molecule has 0 saturated heterocycles. The molecule has 0 radical (unpaired) electrons. The Kier molecular flexibility index (Phi) is 4.79. The number of hydrogen-bond acceptors (Lipinski definition) is 1. The molecule has 0 aliphatic heterocycles. The van der Waals surface area contributed by atoms with E-state index in [4.69, 9.17) is 5.11 Å². The first kappa shape index (κ1) is 12.2. The fourth-order valence-electron chi connectivity index (χ4n) is 1.55. The number of unbranched alkanes of at least 4 members (excludes halogenated alkanes) is 1. The van der Waals surface area contributed by atoms with E-state index in [9.17, 15) is 0 Å². The zero-order valence-electron chi connectivity index (χ0n) is 9.61. The zero-order chi connectivity index (χ0) is 11.1. The average Bonchev–Trinajstić information content (AvgIpc) is 2.26. The molecule has 0 atom stereocenters. The lowest BCUT2D eigenvalue weighted by atomic mass is 10.3. The van der Waals surface area contributed by atoms with Crippen LogP contribution in [0.25, 0.3) is 0 Å². The summed E-state index contributed by atoms with van der Waals surface area (Å²) in [4.78, 5) is 0. The number of benzene rings is 1. The van der Waals surface area contributed by atoms with Crippen molar-refractivity contribution in [1.29, 1.82) is 0 Å². The van der Waals surface area contributed by atoms with E-state index in [0.717, 1.165) is 12.8 Å². The monoisotopic (exact) mass is 220 g/mol. The van der Waals surface area contributed by atoms with Gasteiger partial charge in [-0.15, -0.1) is 0 Å². The van der Waals surface area contributed by atoms with Gasteiger partial charge in [0.25, 0.3) is 0 Å². The zero-order valence-corrected chi connectivity index (χ0v) is 10.6. The highest BCUT2D eigenvalue weighted by Crippen LogP contribution is 2.06. The van der Waals surface area contributed by atoms with E-state index in [-0.39, 0.29) is 6.61 Å². The highest BCUT2D eigenvalue weighted by molar-refractivity contribution is 6.93. The fourth-order valence-corrected chi connectivity index (χ4v) is 3.55. The Morgan fingerprint density at radius 1 is 1.20 bits per heavy atom. The lowest BCUT2D eigenvalue weighted by Gasteiger charge is -2.18. The summed E-state index contributed by atoms with van der Waals surface area (Å²) in [5, 5.41) is 10.2. The molecule has 1 N–H and O–H groups in total. The van der Waals surface area contributed by atoms with Crippen LogP contribution in [-0.2, 0) is 0 Å². The molecular weight excluding hydrogens is 200 g/mol. The molecule has 15 heavy (non-hydrogen) atoms. The van der Waals surface area contributed by atoms with Gasteiger partial charge in [-0.25, -0.2) is 0 Å². The van der Waals surface area contributed by atoms with E-state index in [1.54, 1.807) is 0 Å². The molecule has 82 valence electrons. The Hall–Kier alpha value is -0.863. The molecule has 0 unspecified atom stereocenters. The average molecular weight is 220 g/mol. The summed E-state index contributed by atoms with van der Waals surface area (Å²) in [6, 6.07) is 10.7. The van der Waals surface area contributed by atoms with Gasteiger partial charge in [-0.1, -0.05) is 60.4 Å². The molecule has 0 spiro atoms. The van der Waals surface area contributed by atoms with E-state index in [1.807, 2.05) is 0 Å². The second-order valence-electron chi connectivity index (χ2n) is 4.36. The molecule has 0 saturated carbocycles. The quantitative estimate of drug-likeness (QED) is 0.597. The third-order valence-corrected chi connectivity index (χ3v) is 5.47. The van der Waals surface area contributed by atoms with Crippen molar-refractivity contribution in [3.8, 4) is 0 Å². The molecule has 0 fully saturated rings. The molecule has 0 aliphatic rings. The molecule has 1 aromatic rings. The Morgan fingerprint density at radius 3 is 2.47 bits per heavy atom. The van der Waals surface area contributed by atoms with Crippen molar-refractivity contribution >= 4 is 13.3 Å². The van der Waals surface area contributed by atoms with Gasteiger partial charge in [0.05, 0.1) is 0 Å². The number of allylic oxidation sites excluding steroid dienone is 1. The van der Waals surface area contributed by atoms with Crippen LogP contribution in [0.3, 0.4) is 0 Å². The molecule has 0 amide bonds. The molecule has 0 aliphatic carbocycles. The summed E-state index contributed by atoms with van der Waals surface area (Å²) in [5.74, 6) is 0. The van der Waals surface area contributed by atoms with Crippen LogP contribution in [0.2, 0.25) is 13.1 Å². The highest BCUT2D eigenvalue weighted by Gasteiger charge is 2.18. The van der Waals surface area contributed by atoms with Crippen LogP contribution in [-0.4, -0.2) is 19.8 Å². The lowest BCUT2D eigenvalue weighted by molar-refractivity contribution is 0.289. The fraction of sp³-hybridized carbons (Fsp3) is 0.385. The van der Waals surface area contributed by atoms with E-state index in [1.165, 1.54) is 5.19 Å². The maximum Gasteiger partial charge on any atom is 0.103 e. The van der Waals surface area contributed by atoms with Crippen LogP contribution in [0.4, 0.5) is 0 Å². The molecular formula is C13H20OSi. The van der Waals surface area contributed by atoms with Crippen molar-refractivity contribution in [2.24, 2.45) is 0 Å². The standard InChI is InChI=1S/C13H20OSi/c1-15(2,12-8-4-7-11-14)13-9-5-3-6-10-13/h3,5-6,8-10,12,14H,4,7,11H2,1-2H3. The third-order valence-electron chi connectivity index (χ3n) is 2.58. The van der Waals surface area contributed by atoms with E-state index < -0.39 is 8.07 Å². The minimum atomic E-state index is -1.39. The van der Waals surface area contributed by atoms with E-state index in [2.05, 4.69) is 55.2 Å². The summed E-state index contributed by atoms with van der Waals surface area (Å²) < 4.78 is 0. The summed E-state index contributed by atoms with van der Waals surface area (Å²) >= 11 is 0. The van der Waals surface area contributed by atoms with E-state index >= 15 is 0 Å². The van der Waals surface area contributed by atoms with Crippen molar-refractivity contribution in [1.82, 2.24) is 0 Å². The van der Waals surface area contributed by atoms with Gasteiger partial charge in [-0.3, -0.25) is 0 Å². The third kappa shape index (κ3) is 4.02. The van der Waals surface area contributed by atoms with Crippen molar-refractivity contribution in [2.75, 3.05) is 6.61 Å². The van der Waals surface area contributed by atoms with Gasteiger partial charge < -0.3 is 5.11 Å². The Balaban J connectivity index is 2.63. The predicted molar refractivity (Wildman–Crippen MR) is 69.0 cm³/mol. The highest BCUT2D eigenvalue weighted by atomic mass is 28.3. The van der Waals surface area contributed by atoms with Crippen LogP contribution in [0, 0.1) is 0 Å². The molecule has 1 aromatic carbocycles. The van der Waals surface area contributed by atoms with Gasteiger partial charge in [-0.05, 0) is 12.8 Å². The van der Waals surface area contributed by atoms with Crippen LogP contribution in [0.5, 0.6) is 0 Å². The number of hydrogen-bond donors (Lipinski definition) is 1. The maximum absolute atomic E-state index is 8.69. The summed E-state index contributed by atoms with van der Waals surface area (Å²) in [7, 11) is -1.39. The van der Waals surface area contributed by atoms with Crippen LogP contribution in [0.1, 0.15) is 12.8 Å². The van der Waals surface area contributed by atoms with Gasteiger partial charge in [0, 0.05) is 6.61 Å². The number of aliphatic hydroxyl groups excluding tert-OH is 1. The largest absolute Gasteiger partial charge is 0.396 e. The molecule has 1 nitrogen and oxygen atoms in total. The van der Waals surface area contributed by atoms with Crippen molar-refractivity contribution in [2.45, 2.75) is 25.9 Å². The second kappa shape index (κ2) is 5.88. The minimum Gasteiger partial charge on any atom is -0.396 e. The SMILES string of the molecule is C[Si](C)(C=CCCCO)c1ccccc1. The van der Waals surface area contributed by atoms with Crippen LogP contribution in [0.15, 0.2) is 42.1 Å². The predicted octanol–water partition coefficient (Wildman–Crippen LogP) is 2.47. The van der Waals surface area contributed by atoms with Gasteiger partial charge in [0.2, 0.25) is 0 Å². The molecule has 2 heteroatoms. The lowest BCUT2D eigenvalue weighted by Crippen LogP contribution is -2.39. The maximum atomic E-state index is 8.69. The first-order valence-corrected chi connectivity index (χ1v) is 8.58. The summed E-state index contributed by atoms with van der Waals surface area (Å²) in [5.41, 5.74) is 2.36. The number of rotatable bonds is 5. The van der Waals surface area contributed by atoms with Crippen molar-refractivity contribution in [3.05, 3.63) is 42.1 Å². The molecule has 0 bridgehead atoms. The molecule has 1 rings (SSSR count). The van der Waals surface area contributed by atoms with Gasteiger partial charge in [0.1, 0.15) is 8.07 Å². The molecule has 0 heterocycles. The van der Waals surface area contributed by atoms with Crippen LogP contribution < -0.4 is 5.19 Å². The van der Waals surface area contributed by atoms with Gasteiger partial charge in [-0.2, -0.15) is 0 Å². The number of aliphatic hydroxyl groups is 1. The summed E-state index contributed by atoms with van der Waals surface area (Å²) in [6.07, 6.45) is 4.07. The normalized spacial score (nSPS) is 12.2. The van der Waals surface area contributed by atoms with Gasteiger partial charge in [0.15, 0.2) is 0 Å². The van der Waals surface area contributed by atoms with Crippen molar-refractivity contribution in [3.63, 3.8) is 0 Å². The Bertz CT molecular complexity index is 304. The van der Waals surface area contributed by atoms with Crippen molar-refractivity contribution < 1.29 is 5.11 Å². The van der Waals surface area contributed by atoms with Crippen LogP contribution >= 0.6 is 0 Å². The minimum absolute atomic E-state index is 0.289. The van der Waals surface area contributed by atoms with Gasteiger partial charge >= 0.3 is 0 Å². The Labute approximate surface area is 93.5 Å². The first-order chi connectivity index (χ1) is 7.17. The van der Waals surface area contributed by atoms with E-state index in [0.29, 0.717) is 0 Å². The second-order valence-corrected chi connectivity index (χ2v) is 8.71. The summed E-state index contributed by atoms with van der Waals surface area (Å²) in [6.45, 7) is 4.98. The smallest absolute Gasteiger partial charge is 0.103 e. The Morgan fingerprint density at radius 2 is 1.87 bits per heavy atom. The first-order valence-electron chi connectivity index (χ1n) is 5.51. The topological polar surface area (TPSA) is 20.2 Å². The molecule has 0 aromatic heterocycles.